The lowest BCUT2D eigenvalue weighted by Gasteiger charge is -2.32. The Balaban J connectivity index is 1.79. The molecule has 1 aliphatic rings. The van der Waals surface area contributed by atoms with Crippen LogP contribution in [0, 0.1) is 5.92 Å². The van der Waals surface area contributed by atoms with Crippen molar-refractivity contribution in [2.75, 3.05) is 26.2 Å². The number of nitrogens with two attached hydrogens (primary N) is 1. The van der Waals surface area contributed by atoms with Crippen LogP contribution in [0.2, 0.25) is 0 Å². The third kappa shape index (κ3) is 4.82. The van der Waals surface area contributed by atoms with Gasteiger partial charge in [0.05, 0.1) is 5.92 Å². The Morgan fingerprint density at radius 2 is 2.33 bits per heavy atom. The third-order valence-corrected chi connectivity index (χ3v) is 4.69. The van der Waals surface area contributed by atoms with Crippen LogP contribution in [-0.4, -0.2) is 42.9 Å². The van der Waals surface area contributed by atoms with E-state index in [1.807, 2.05) is 16.3 Å². The van der Waals surface area contributed by atoms with Gasteiger partial charge in [-0.05, 0) is 30.7 Å². The molecule has 116 valence electrons. The van der Waals surface area contributed by atoms with Gasteiger partial charge < -0.3 is 16.0 Å². The van der Waals surface area contributed by atoms with Crippen LogP contribution in [0.15, 0.2) is 17.5 Å². The van der Waals surface area contributed by atoms with E-state index in [4.69, 9.17) is 5.73 Å². The van der Waals surface area contributed by atoms with E-state index in [0.29, 0.717) is 26.1 Å². The fourth-order valence-corrected chi connectivity index (χ4v) is 3.31. The van der Waals surface area contributed by atoms with Crippen LogP contribution in [-0.2, 0) is 16.0 Å². The molecule has 1 fully saturated rings. The standard InChI is InChI=1S/C15H23N3O2S/c16-7-8-17-15(20)12-3-1-9-18(11-12)14(19)6-5-13-4-2-10-21-13/h2,4,10,12H,1,3,5-9,11,16H2,(H,17,20). The maximum absolute atomic E-state index is 12.3. The van der Waals surface area contributed by atoms with E-state index in [1.54, 1.807) is 11.3 Å². The molecule has 1 atom stereocenters. The summed E-state index contributed by atoms with van der Waals surface area (Å²) in [6, 6.07) is 4.06. The van der Waals surface area contributed by atoms with Gasteiger partial charge in [-0.2, -0.15) is 0 Å². The van der Waals surface area contributed by atoms with Crippen molar-refractivity contribution >= 4 is 23.2 Å². The summed E-state index contributed by atoms with van der Waals surface area (Å²) in [7, 11) is 0. The SMILES string of the molecule is NCCNC(=O)C1CCCN(C(=O)CCc2cccs2)C1. The van der Waals surface area contributed by atoms with Gasteiger partial charge in [0.2, 0.25) is 11.8 Å². The van der Waals surface area contributed by atoms with Crippen molar-refractivity contribution in [3.63, 3.8) is 0 Å². The molecule has 6 heteroatoms. The minimum atomic E-state index is -0.0870. The van der Waals surface area contributed by atoms with Crippen molar-refractivity contribution in [2.24, 2.45) is 11.7 Å². The number of nitrogens with zero attached hydrogens (tertiary/aromatic N) is 1. The molecule has 1 aromatic rings. The quantitative estimate of drug-likeness (QED) is 0.823. The topological polar surface area (TPSA) is 75.4 Å². The van der Waals surface area contributed by atoms with E-state index < -0.39 is 0 Å². The van der Waals surface area contributed by atoms with Gasteiger partial charge in [0.1, 0.15) is 0 Å². The molecule has 1 unspecified atom stereocenters. The number of likely N-dealkylation sites (tertiary alicyclic amines) is 1. The summed E-state index contributed by atoms with van der Waals surface area (Å²) in [6.45, 7) is 2.26. The summed E-state index contributed by atoms with van der Waals surface area (Å²) in [6.07, 6.45) is 3.06. The molecule has 0 aliphatic carbocycles. The normalized spacial score (nSPS) is 18.5. The predicted molar refractivity (Wildman–Crippen MR) is 84.0 cm³/mol. The first kappa shape index (κ1) is 16.0. The number of hydrogen-bond donors (Lipinski definition) is 2. The minimum Gasteiger partial charge on any atom is -0.355 e. The molecule has 2 rings (SSSR count). The molecule has 0 spiro atoms. The Morgan fingerprint density at radius 3 is 3.05 bits per heavy atom. The zero-order valence-corrected chi connectivity index (χ0v) is 13.0. The number of hydrogen-bond acceptors (Lipinski definition) is 4. The van der Waals surface area contributed by atoms with Crippen LogP contribution in [0.25, 0.3) is 0 Å². The molecule has 0 aromatic carbocycles. The Hall–Kier alpha value is -1.40. The second kappa shape index (κ2) is 8.14. The number of carbonyl (C=O) groups excluding carboxylic acids is 2. The molecule has 2 amide bonds. The Labute approximate surface area is 129 Å². The molecule has 1 aromatic heterocycles. The van der Waals surface area contributed by atoms with E-state index in [2.05, 4.69) is 11.4 Å². The summed E-state index contributed by atoms with van der Waals surface area (Å²) in [5.41, 5.74) is 5.39. The van der Waals surface area contributed by atoms with Crippen LogP contribution in [0.5, 0.6) is 0 Å². The van der Waals surface area contributed by atoms with Gasteiger partial charge >= 0.3 is 0 Å². The Morgan fingerprint density at radius 1 is 1.48 bits per heavy atom. The molecular weight excluding hydrogens is 286 g/mol. The van der Waals surface area contributed by atoms with Gasteiger partial charge in [-0.15, -0.1) is 11.3 Å². The highest BCUT2D eigenvalue weighted by Gasteiger charge is 2.27. The van der Waals surface area contributed by atoms with Crippen LogP contribution in [0.3, 0.4) is 0 Å². The Bertz CT molecular complexity index is 461. The monoisotopic (exact) mass is 309 g/mol. The minimum absolute atomic E-state index is 0.0243. The third-order valence-electron chi connectivity index (χ3n) is 3.75. The molecule has 5 nitrogen and oxygen atoms in total. The van der Waals surface area contributed by atoms with Gasteiger partial charge in [-0.25, -0.2) is 0 Å². The number of carbonyl (C=O) groups is 2. The summed E-state index contributed by atoms with van der Waals surface area (Å²) < 4.78 is 0. The van der Waals surface area contributed by atoms with E-state index in [9.17, 15) is 9.59 Å². The molecule has 21 heavy (non-hydrogen) atoms. The number of thiophene rings is 1. The van der Waals surface area contributed by atoms with E-state index in [-0.39, 0.29) is 17.7 Å². The number of aryl methyl sites for hydroxylation is 1. The zero-order chi connectivity index (χ0) is 15.1. The lowest BCUT2D eigenvalue weighted by atomic mass is 9.96. The lowest BCUT2D eigenvalue weighted by molar-refractivity contribution is -0.135. The van der Waals surface area contributed by atoms with Crippen LogP contribution in [0.4, 0.5) is 0 Å². The zero-order valence-electron chi connectivity index (χ0n) is 12.2. The van der Waals surface area contributed by atoms with Crippen LogP contribution >= 0.6 is 11.3 Å². The van der Waals surface area contributed by atoms with Gasteiger partial charge in [0.25, 0.3) is 0 Å². The maximum Gasteiger partial charge on any atom is 0.224 e. The van der Waals surface area contributed by atoms with Crippen molar-refractivity contribution in [3.05, 3.63) is 22.4 Å². The van der Waals surface area contributed by atoms with Gasteiger partial charge in [0.15, 0.2) is 0 Å². The number of rotatable bonds is 6. The fraction of sp³-hybridized carbons (Fsp3) is 0.600. The van der Waals surface area contributed by atoms with Crippen LogP contribution in [0.1, 0.15) is 24.1 Å². The first-order valence-corrected chi connectivity index (χ1v) is 8.36. The summed E-state index contributed by atoms with van der Waals surface area (Å²) >= 11 is 1.68. The number of piperidine rings is 1. The van der Waals surface area contributed by atoms with Gasteiger partial charge in [-0.3, -0.25) is 9.59 Å². The second-order valence-corrected chi connectivity index (χ2v) is 6.37. The fourth-order valence-electron chi connectivity index (χ4n) is 2.60. The smallest absolute Gasteiger partial charge is 0.224 e. The van der Waals surface area contributed by atoms with Crippen molar-refractivity contribution in [1.29, 1.82) is 0 Å². The van der Waals surface area contributed by atoms with Crippen molar-refractivity contribution in [2.45, 2.75) is 25.7 Å². The highest BCUT2D eigenvalue weighted by molar-refractivity contribution is 7.09. The average molecular weight is 309 g/mol. The first-order chi connectivity index (χ1) is 10.2. The summed E-state index contributed by atoms with van der Waals surface area (Å²) in [5.74, 6) is 0.0897. The van der Waals surface area contributed by atoms with E-state index in [1.165, 1.54) is 4.88 Å². The second-order valence-electron chi connectivity index (χ2n) is 5.34. The molecule has 3 N–H and O–H groups in total. The largest absolute Gasteiger partial charge is 0.355 e. The predicted octanol–water partition coefficient (Wildman–Crippen LogP) is 0.994. The molecular formula is C15H23N3O2S. The maximum atomic E-state index is 12.3. The van der Waals surface area contributed by atoms with Crippen molar-refractivity contribution in [1.82, 2.24) is 10.2 Å². The van der Waals surface area contributed by atoms with Gasteiger partial charge in [0, 0.05) is 37.5 Å². The Kier molecular flexibility index (Phi) is 6.20. The van der Waals surface area contributed by atoms with Crippen LogP contribution < -0.4 is 11.1 Å². The molecule has 2 heterocycles. The molecule has 0 saturated carbocycles. The van der Waals surface area contributed by atoms with Crippen molar-refractivity contribution < 1.29 is 9.59 Å². The highest BCUT2D eigenvalue weighted by atomic mass is 32.1. The summed E-state index contributed by atoms with van der Waals surface area (Å²) in [5, 5.41) is 4.84. The summed E-state index contributed by atoms with van der Waals surface area (Å²) in [4.78, 5) is 27.3. The van der Waals surface area contributed by atoms with E-state index in [0.717, 1.165) is 25.8 Å². The molecule has 0 bridgehead atoms. The molecule has 0 radical (unpaired) electrons. The molecule has 1 aliphatic heterocycles. The highest BCUT2D eigenvalue weighted by Crippen LogP contribution is 2.18. The van der Waals surface area contributed by atoms with Crippen molar-refractivity contribution in [3.8, 4) is 0 Å². The molecule has 1 saturated heterocycles. The number of nitrogens with one attached hydrogen (secondary N) is 1. The average Bonchev–Trinajstić information content (AvgIpc) is 3.03. The van der Waals surface area contributed by atoms with Gasteiger partial charge in [-0.1, -0.05) is 6.07 Å². The first-order valence-electron chi connectivity index (χ1n) is 7.48. The number of amides is 2. The lowest BCUT2D eigenvalue weighted by Crippen LogP contribution is -2.46. The van der Waals surface area contributed by atoms with E-state index >= 15 is 0 Å².